The van der Waals surface area contributed by atoms with Crippen LogP contribution < -0.4 is 0 Å². The smallest absolute Gasteiger partial charge is 0.307 e. The fourth-order valence-corrected chi connectivity index (χ4v) is 2.61. The van der Waals surface area contributed by atoms with Crippen molar-refractivity contribution in [3.05, 3.63) is 35.4 Å². The molecule has 1 aliphatic rings. The number of benzene rings is 1. The van der Waals surface area contributed by atoms with Crippen molar-refractivity contribution < 1.29 is 9.90 Å². The van der Waals surface area contributed by atoms with E-state index in [0.717, 1.165) is 37.1 Å². The van der Waals surface area contributed by atoms with E-state index in [1.54, 1.807) is 0 Å². The molecule has 4 heteroatoms. The van der Waals surface area contributed by atoms with Crippen LogP contribution in [-0.2, 0) is 17.8 Å². The normalized spacial score (nSPS) is 19.8. The lowest BCUT2D eigenvalue weighted by atomic mass is 9.97. The van der Waals surface area contributed by atoms with Crippen molar-refractivity contribution in [3.63, 3.8) is 0 Å². The van der Waals surface area contributed by atoms with Crippen LogP contribution in [0.3, 0.4) is 0 Å². The first-order chi connectivity index (χ1) is 9.20. The minimum Gasteiger partial charge on any atom is -0.481 e. The van der Waals surface area contributed by atoms with Crippen LogP contribution in [0, 0.1) is 17.2 Å². The average Bonchev–Trinajstić information content (AvgIpc) is 2.41. The molecular weight excluding hydrogens is 240 g/mol. The molecule has 1 aromatic carbocycles. The number of likely N-dealkylation sites (tertiary alicyclic amines) is 1. The Bertz CT molecular complexity index is 493. The van der Waals surface area contributed by atoms with Crippen LogP contribution in [0.1, 0.15) is 24.0 Å². The van der Waals surface area contributed by atoms with Gasteiger partial charge in [0.1, 0.15) is 0 Å². The molecule has 0 radical (unpaired) electrons. The van der Waals surface area contributed by atoms with Crippen molar-refractivity contribution in [2.45, 2.75) is 25.8 Å². The number of rotatable bonds is 4. The van der Waals surface area contributed by atoms with E-state index in [2.05, 4.69) is 11.0 Å². The fourth-order valence-electron chi connectivity index (χ4n) is 2.61. The average molecular weight is 258 g/mol. The van der Waals surface area contributed by atoms with Crippen molar-refractivity contribution in [2.75, 3.05) is 13.1 Å². The standard InChI is InChI=1S/C15H18N2O2/c16-8-7-12-4-1-2-5-13(12)10-17-9-3-6-14(11-17)15(18)19/h1-2,4-5,14H,3,6-7,9-11H2,(H,18,19). The molecule has 100 valence electrons. The lowest BCUT2D eigenvalue weighted by Gasteiger charge is -2.31. The maximum atomic E-state index is 11.1. The third kappa shape index (κ3) is 3.55. The summed E-state index contributed by atoms with van der Waals surface area (Å²) in [6, 6.07) is 10.1. The van der Waals surface area contributed by atoms with E-state index in [0.29, 0.717) is 13.0 Å². The molecule has 1 saturated heterocycles. The van der Waals surface area contributed by atoms with Gasteiger partial charge in [-0.25, -0.2) is 0 Å². The Kier molecular flexibility index (Phi) is 4.53. The zero-order valence-electron chi connectivity index (χ0n) is 10.9. The Morgan fingerprint density at radius 1 is 1.42 bits per heavy atom. The minimum absolute atomic E-state index is 0.253. The van der Waals surface area contributed by atoms with Gasteiger partial charge in [-0.2, -0.15) is 5.26 Å². The first-order valence-corrected chi connectivity index (χ1v) is 6.59. The Morgan fingerprint density at radius 3 is 2.84 bits per heavy atom. The van der Waals surface area contributed by atoms with Crippen LogP contribution in [0.5, 0.6) is 0 Å². The summed E-state index contributed by atoms with van der Waals surface area (Å²) < 4.78 is 0. The van der Waals surface area contributed by atoms with Crippen molar-refractivity contribution in [3.8, 4) is 6.07 Å². The summed E-state index contributed by atoms with van der Waals surface area (Å²) in [6.07, 6.45) is 2.11. The van der Waals surface area contributed by atoms with E-state index in [-0.39, 0.29) is 5.92 Å². The number of nitriles is 1. The van der Waals surface area contributed by atoms with Gasteiger partial charge in [-0.05, 0) is 30.5 Å². The van der Waals surface area contributed by atoms with Gasteiger partial charge in [0, 0.05) is 13.1 Å². The predicted octanol–water partition coefficient (Wildman–Crippen LogP) is 2.05. The molecule has 19 heavy (non-hydrogen) atoms. The summed E-state index contributed by atoms with van der Waals surface area (Å²) in [7, 11) is 0. The quantitative estimate of drug-likeness (QED) is 0.897. The van der Waals surface area contributed by atoms with Crippen molar-refractivity contribution in [2.24, 2.45) is 5.92 Å². The number of carboxylic acid groups (broad SMARTS) is 1. The monoisotopic (exact) mass is 258 g/mol. The third-order valence-corrected chi connectivity index (χ3v) is 3.64. The number of nitrogens with zero attached hydrogens (tertiary/aromatic N) is 2. The second kappa shape index (κ2) is 6.35. The summed E-state index contributed by atoms with van der Waals surface area (Å²) in [6.45, 7) is 2.28. The van der Waals surface area contributed by atoms with Crippen LogP contribution in [0.15, 0.2) is 24.3 Å². The van der Waals surface area contributed by atoms with Crippen molar-refractivity contribution >= 4 is 5.97 Å². The SMILES string of the molecule is N#CCc1ccccc1CN1CCCC(C(=O)O)C1. The molecule has 0 spiro atoms. The van der Waals surface area contributed by atoms with Gasteiger partial charge >= 0.3 is 5.97 Å². The second-order valence-corrected chi connectivity index (χ2v) is 5.02. The van der Waals surface area contributed by atoms with Gasteiger partial charge < -0.3 is 5.11 Å². The summed E-state index contributed by atoms with van der Waals surface area (Å²) in [5, 5.41) is 17.9. The lowest BCUT2D eigenvalue weighted by Crippen LogP contribution is -2.38. The Morgan fingerprint density at radius 2 is 2.16 bits per heavy atom. The van der Waals surface area contributed by atoms with E-state index in [1.165, 1.54) is 0 Å². The molecular formula is C15H18N2O2. The molecule has 1 atom stereocenters. The highest BCUT2D eigenvalue weighted by Crippen LogP contribution is 2.20. The second-order valence-electron chi connectivity index (χ2n) is 5.02. The van der Waals surface area contributed by atoms with Gasteiger partial charge in [-0.3, -0.25) is 9.69 Å². The molecule has 0 bridgehead atoms. The zero-order valence-corrected chi connectivity index (χ0v) is 10.9. The fraction of sp³-hybridized carbons (Fsp3) is 0.467. The molecule has 1 heterocycles. The largest absolute Gasteiger partial charge is 0.481 e. The molecule has 0 aromatic heterocycles. The molecule has 1 fully saturated rings. The van der Waals surface area contributed by atoms with Crippen LogP contribution in [0.4, 0.5) is 0 Å². The zero-order chi connectivity index (χ0) is 13.7. The van der Waals surface area contributed by atoms with Crippen molar-refractivity contribution in [1.82, 2.24) is 4.90 Å². The van der Waals surface area contributed by atoms with E-state index >= 15 is 0 Å². The van der Waals surface area contributed by atoms with Gasteiger partial charge in [-0.1, -0.05) is 24.3 Å². The maximum Gasteiger partial charge on any atom is 0.307 e. The number of carboxylic acids is 1. The molecule has 1 aromatic rings. The van der Waals surface area contributed by atoms with Gasteiger partial charge in [0.05, 0.1) is 18.4 Å². The minimum atomic E-state index is -0.699. The number of piperidine rings is 1. The first kappa shape index (κ1) is 13.6. The van der Waals surface area contributed by atoms with Crippen molar-refractivity contribution in [1.29, 1.82) is 5.26 Å². The molecule has 0 aliphatic carbocycles. The first-order valence-electron chi connectivity index (χ1n) is 6.59. The lowest BCUT2D eigenvalue weighted by molar-refractivity contribution is -0.143. The summed E-state index contributed by atoms with van der Waals surface area (Å²) in [5.41, 5.74) is 2.18. The number of hydrogen-bond acceptors (Lipinski definition) is 3. The van der Waals surface area contributed by atoms with Gasteiger partial charge in [0.2, 0.25) is 0 Å². The maximum absolute atomic E-state index is 11.1. The Balaban J connectivity index is 2.05. The highest BCUT2D eigenvalue weighted by Gasteiger charge is 2.25. The number of aliphatic carboxylic acids is 1. The molecule has 0 amide bonds. The van der Waals surface area contributed by atoms with Crippen LogP contribution in [0.2, 0.25) is 0 Å². The van der Waals surface area contributed by atoms with Gasteiger partial charge in [0.25, 0.3) is 0 Å². The van der Waals surface area contributed by atoms with Crippen LogP contribution in [-0.4, -0.2) is 29.1 Å². The molecule has 2 rings (SSSR count). The van der Waals surface area contributed by atoms with E-state index in [1.807, 2.05) is 24.3 Å². The van der Waals surface area contributed by atoms with E-state index in [9.17, 15) is 4.79 Å². The Labute approximate surface area is 113 Å². The predicted molar refractivity (Wildman–Crippen MR) is 71.4 cm³/mol. The molecule has 1 aliphatic heterocycles. The van der Waals surface area contributed by atoms with E-state index < -0.39 is 5.97 Å². The van der Waals surface area contributed by atoms with Gasteiger partial charge in [0.15, 0.2) is 0 Å². The van der Waals surface area contributed by atoms with E-state index in [4.69, 9.17) is 10.4 Å². The molecule has 4 nitrogen and oxygen atoms in total. The molecule has 0 saturated carbocycles. The summed E-state index contributed by atoms with van der Waals surface area (Å²) in [5.74, 6) is -0.952. The highest BCUT2D eigenvalue weighted by atomic mass is 16.4. The summed E-state index contributed by atoms with van der Waals surface area (Å²) >= 11 is 0. The van der Waals surface area contributed by atoms with Gasteiger partial charge in [-0.15, -0.1) is 0 Å². The highest BCUT2D eigenvalue weighted by molar-refractivity contribution is 5.70. The Hall–Kier alpha value is -1.86. The molecule has 1 unspecified atom stereocenters. The third-order valence-electron chi connectivity index (χ3n) is 3.64. The number of carbonyl (C=O) groups is 1. The molecule has 1 N–H and O–H groups in total. The summed E-state index contributed by atoms with van der Waals surface area (Å²) in [4.78, 5) is 13.2. The van der Waals surface area contributed by atoms with Crippen LogP contribution >= 0.6 is 0 Å². The topological polar surface area (TPSA) is 64.3 Å². The number of hydrogen-bond donors (Lipinski definition) is 1. The van der Waals surface area contributed by atoms with Crippen LogP contribution in [0.25, 0.3) is 0 Å².